The van der Waals surface area contributed by atoms with Gasteiger partial charge in [0.15, 0.2) is 5.16 Å². The third-order valence-corrected chi connectivity index (χ3v) is 3.66. The normalized spacial score (nSPS) is 12.7. The molecule has 0 saturated carbocycles. The van der Waals surface area contributed by atoms with Gasteiger partial charge >= 0.3 is 5.97 Å². The Morgan fingerprint density at radius 1 is 1.24 bits per heavy atom. The zero-order valence-electron chi connectivity index (χ0n) is 13.0. The van der Waals surface area contributed by atoms with Gasteiger partial charge in [-0.3, -0.25) is 14.2 Å². The number of nitrogens with zero attached hydrogens (tertiary/aromatic N) is 3. The van der Waals surface area contributed by atoms with Gasteiger partial charge in [0.1, 0.15) is 11.9 Å². The summed E-state index contributed by atoms with van der Waals surface area (Å²) in [7, 11) is 0. The summed E-state index contributed by atoms with van der Waals surface area (Å²) in [5.74, 6) is -0.418. The van der Waals surface area contributed by atoms with Crippen LogP contribution in [0.25, 0.3) is 0 Å². The fourth-order valence-corrected chi connectivity index (χ4v) is 2.53. The van der Waals surface area contributed by atoms with E-state index in [2.05, 4.69) is 15.5 Å². The Bertz CT molecular complexity index is 514. The van der Waals surface area contributed by atoms with Gasteiger partial charge in [-0.1, -0.05) is 25.6 Å². The molecule has 0 bridgehead atoms. The third kappa shape index (κ3) is 4.73. The number of aliphatic carboxylic acids is 1. The number of nitrogens with one attached hydrogen (secondary N) is 1. The molecule has 21 heavy (non-hydrogen) atoms. The highest BCUT2D eigenvalue weighted by molar-refractivity contribution is 7.99. The summed E-state index contributed by atoms with van der Waals surface area (Å²) in [6.45, 7) is 9.46. The van der Waals surface area contributed by atoms with Crippen LogP contribution in [0.4, 0.5) is 0 Å². The average molecular weight is 314 g/mol. The number of carboxylic acids is 1. The summed E-state index contributed by atoms with van der Waals surface area (Å²) >= 11 is 1.07. The molecule has 0 aliphatic carbocycles. The molecule has 1 rings (SSSR count). The van der Waals surface area contributed by atoms with Crippen LogP contribution >= 0.6 is 11.8 Å². The number of carboxylic acid groups (broad SMARTS) is 1. The van der Waals surface area contributed by atoms with E-state index < -0.39 is 12.0 Å². The van der Waals surface area contributed by atoms with Crippen molar-refractivity contribution in [2.24, 2.45) is 0 Å². The highest BCUT2D eigenvalue weighted by atomic mass is 32.2. The highest BCUT2D eigenvalue weighted by Gasteiger charge is 2.25. The van der Waals surface area contributed by atoms with Crippen molar-refractivity contribution in [2.45, 2.75) is 57.8 Å². The van der Waals surface area contributed by atoms with Crippen molar-refractivity contribution in [2.75, 3.05) is 5.75 Å². The molecule has 1 heterocycles. The molecule has 0 spiro atoms. The zero-order chi connectivity index (χ0) is 16.2. The second-order valence-corrected chi connectivity index (χ2v) is 6.33. The van der Waals surface area contributed by atoms with Gasteiger partial charge in [-0.05, 0) is 20.8 Å². The van der Waals surface area contributed by atoms with Crippen LogP contribution in [0.5, 0.6) is 0 Å². The Kier molecular flexibility index (Phi) is 6.19. The lowest BCUT2D eigenvalue weighted by Gasteiger charge is -2.20. The molecule has 0 aromatic carbocycles. The fourth-order valence-electron chi connectivity index (χ4n) is 1.79. The second kappa shape index (κ2) is 7.44. The van der Waals surface area contributed by atoms with E-state index >= 15 is 0 Å². The van der Waals surface area contributed by atoms with Gasteiger partial charge in [-0.25, -0.2) is 0 Å². The van der Waals surface area contributed by atoms with Crippen molar-refractivity contribution < 1.29 is 14.7 Å². The van der Waals surface area contributed by atoms with E-state index in [1.807, 2.05) is 27.7 Å². The summed E-state index contributed by atoms with van der Waals surface area (Å²) in [4.78, 5) is 22.9. The largest absolute Gasteiger partial charge is 0.481 e. The van der Waals surface area contributed by atoms with Crippen LogP contribution in [-0.2, 0) is 9.59 Å². The first-order chi connectivity index (χ1) is 9.73. The van der Waals surface area contributed by atoms with Crippen LogP contribution in [0.1, 0.15) is 52.4 Å². The maximum atomic E-state index is 12.2. The molecule has 7 nitrogen and oxygen atoms in total. The molecule has 1 unspecified atom stereocenters. The minimum atomic E-state index is -0.931. The lowest BCUT2D eigenvalue weighted by atomic mass is 10.2. The summed E-state index contributed by atoms with van der Waals surface area (Å²) in [6, 6.07) is -0.454. The Hall–Kier alpha value is -1.57. The van der Waals surface area contributed by atoms with Gasteiger partial charge in [0.05, 0.1) is 5.75 Å². The third-order valence-electron chi connectivity index (χ3n) is 2.73. The van der Waals surface area contributed by atoms with Crippen molar-refractivity contribution in [3.05, 3.63) is 5.82 Å². The maximum absolute atomic E-state index is 12.2. The summed E-state index contributed by atoms with van der Waals surface area (Å²) in [6.07, 6.45) is 0. The Balaban J connectivity index is 3.07. The first kappa shape index (κ1) is 17.5. The predicted molar refractivity (Wildman–Crippen MR) is 80.5 cm³/mol. The SMILES string of the molecule is CC(C)NC(=O)C(C)n1c(SCC(=O)O)nnc1C(C)C. The quantitative estimate of drug-likeness (QED) is 0.743. The van der Waals surface area contributed by atoms with Crippen LogP contribution in [0.15, 0.2) is 5.16 Å². The minimum Gasteiger partial charge on any atom is -0.481 e. The summed E-state index contributed by atoms with van der Waals surface area (Å²) < 4.78 is 1.72. The number of aromatic nitrogens is 3. The predicted octanol–water partition coefficient (Wildman–Crippen LogP) is 1.66. The molecule has 1 aromatic heterocycles. The van der Waals surface area contributed by atoms with E-state index in [1.165, 1.54) is 0 Å². The van der Waals surface area contributed by atoms with E-state index in [4.69, 9.17) is 5.11 Å². The van der Waals surface area contributed by atoms with E-state index in [9.17, 15) is 9.59 Å². The molecule has 1 amide bonds. The van der Waals surface area contributed by atoms with E-state index in [0.717, 1.165) is 11.8 Å². The first-order valence-electron chi connectivity index (χ1n) is 6.83. The molecule has 118 valence electrons. The Labute approximate surface area is 128 Å². The Morgan fingerprint density at radius 2 is 1.86 bits per heavy atom. The van der Waals surface area contributed by atoms with Crippen molar-refractivity contribution in [3.8, 4) is 0 Å². The standard InChI is InChI=1S/C13H22N4O3S/c1-7(2)11-15-16-13(21-6-10(18)19)17(11)9(5)12(20)14-8(3)4/h7-9H,6H2,1-5H3,(H,14,20)(H,18,19). The van der Waals surface area contributed by atoms with Crippen LogP contribution < -0.4 is 5.32 Å². The van der Waals surface area contributed by atoms with Gasteiger partial charge in [-0.15, -0.1) is 10.2 Å². The number of thioether (sulfide) groups is 1. The smallest absolute Gasteiger partial charge is 0.313 e. The first-order valence-corrected chi connectivity index (χ1v) is 7.82. The van der Waals surface area contributed by atoms with Crippen molar-refractivity contribution in [1.82, 2.24) is 20.1 Å². The van der Waals surface area contributed by atoms with Gasteiger partial charge in [-0.2, -0.15) is 0 Å². The van der Waals surface area contributed by atoms with Gasteiger partial charge < -0.3 is 10.4 Å². The molecular formula is C13H22N4O3S. The average Bonchev–Trinajstić information content (AvgIpc) is 2.78. The number of hydrogen-bond donors (Lipinski definition) is 2. The number of carbonyl (C=O) groups excluding carboxylic acids is 1. The van der Waals surface area contributed by atoms with Crippen LogP contribution in [-0.4, -0.2) is 43.5 Å². The van der Waals surface area contributed by atoms with E-state index in [0.29, 0.717) is 11.0 Å². The molecule has 1 aromatic rings. The zero-order valence-corrected chi connectivity index (χ0v) is 13.8. The molecule has 0 aliphatic heterocycles. The lowest BCUT2D eigenvalue weighted by molar-refractivity contribution is -0.134. The number of carbonyl (C=O) groups is 2. The van der Waals surface area contributed by atoms with E-state index in [1.54, 1.807) is 11.5 Å². The monoisotopic (exact) mass is 314 g/mol. The lowest BCUT2D eigenvalue weighted by Crippen LogP contribution is -2.36. The highest BCUT2D eigenvalue weighted by Crippen LogP contribution is 2.25. The number of amides is 1. The van der Waals surface area contributed by atoms with Crippen LogP contribution in [0.2, 0.25) is 0 Å². The molecule has 0 fully saturated rings. The van der Waals surface area contributed by atoms with Crippen molar-refractivity contribution in [1.29, 1.82) is 0 Å². The van der Waals surface area contributed by atoms with Crippen LogP contribution in [0.3, 0.4) is 0 Å². The minimum absolute atomic E-state index is 0.0362. The van der Waals surface area contributed by atoms with Gasteiger partial charge in [0.25, 0.3) is 0 Å². The maximum Gasteiger partial charge on any atom is 0.313 e. The van der Waals surface area contributed by atoms with Gasteiger partial charge in [0.2, 0.25) is 5.91 Å². The topological polar surface area (TPSA) is 97.1 Å². The number of hydrogen-bond acceptors (Lipinski definition) is 5. The van der Waals surface area contributed by atoms with Crippen molar-refractivity contribution in [3.63, 3.8) is 0 Å². The molecule has 2 N–H and O–H groups in total. The second-order valence-electron chi connectivity index (χ2n) is 5.39. The molecule has 0 aliphatic rings. The molecule has 1 atom stereocenters. The Morgan fingerprint density at radius 3 is 2.33 bits per heavy atom. The fraction of sp³-hybridized carbons (Fsp3) is 0.692. The molecule has 0 saturated heterocycles. The number of rotatable bonds is 7. The van der Waals surface area contributed by atoms with Crippen molar-refractivity contribution >= 4 is 23.6 Å². The molecule has 0 radical (unpaired) electrons. The molecule has 8 heteroatoms. The molecular weight excluding hydrogens is 292 g/mol. The van der Waals surface area contributed by atoms with Gasteiger partial charge in [0, 0.05) is 12.0 Å². The summed E-state index contributed by atoms with van der Waals surface area (Å²) in [5, 5.41) is 20.2. The van der Waals surface area contributed by atoms with E-state index in [-0.39, 0.29) is 23.6 Å². The van der Waals surface area contributed by atoms with Crippen LogP contribution in [0, 0.1) is 0 Å². The summed E-state index contributed by atoms with van der Waals surface area (Å²) in [5.41, 5.74) is 0.